The molecular formula is C29H22BrNO4. The molecule has 1 fully saturated rings. The lowest BCUT2D eigenvalue weighted by atomic mass is 9.65. The molecule has 3 aliphatic rings. The standard InChI is InChI=1S/C29H22BrNO4/c1-2-35-28(34)25-24(18-11-14-19(30)15-12-18)29(26(32)20-8-4-5-9-21(20)27(29)33)23-16-13-17-7-3-6-10-22(17)31(23)25/h3-16,23-25H,2H2,1H3/t23?,24-,25+/m1/s1. The number of para-hydroxylation sites is 1. The summed E-state index contributed by atoms with van der Waals surface area (Å²) < 4.78 is 6.45. The van der Waals surface area contributed by atoms with Crippen LogP contribution < -0.4 is 4.90 Å². The molecule has 1 saturated heterocycles. The number of Topliss-reactive ketones (excluding diaryl/α,β-unsaturated/α-hetero) is 2. The van der Waals surface area contributed by atoms with Gasteiger partial charge in [0.05, 0.1) is 12.6 Å². The van der Waals surface area contributed by atoms with E-state index >= 15 is 0 Å². The minimum atomic E-state index is -1.49. The maximum atomic E-state index is 14.3. The van der Waals surface area contributed by atoms with Gasteiger partial charge in [0.15, 0.2) is 11.6 Å². The molecule has 35 heavy (non-hydrogen) atoms. The summed E-state index contributed by atoms with van der Waals surface area (Å²) in [5, 5.41) is 0. The van der Waals surface area contributed by atoms with E-state index in [1.807, 2.05) is 65.6 Å². The third-order valence-electron chi connectivity index (χ3n) is 7.47. The molecule has 3 aromatic rings. The van der Waals surface area contributed by atoms with Gasteiger partial charge in [-0.25, -0.2) is 4.79 Å². The van der Waals surface area contributed by atoms with Gasteiger partial charge in [0.2, 0.25) is 0 Å². The van der Waals surface area contributed by atoms with Crippen LogP contribution in [-0.2, 0) is 9.53 Å². The Hall–Kier alpha value is -3.51. The fourth-order valence-electron chi connectivity index (χ4n) is 6.16. The van der Waals surface area contributed by atoms with Gasteiger partial charge < -0.3 is 9.64 Å². The van der Waals surface area contributed by atoms with Crippen molar-refractivity contribution in [2.75, 3.05) is 11.5 Å². The largest absolute Gasteiger partial charge is 0.464 e. The fourth-order valence-corrected chi connectivity index (χ4v) is 6.42. The molecule has 1 unspecified atom stereocenters. The Bertz CT molecular complexity index is 1380. The third kappa shape index (κ3) is 2.89. The van der Waals surface area contributed by atoms with E-state index in [2.05, 4.69) is 15.9 Å². The van der Waals surface area contributed by atoms with Gasteiger partial charge in [-0.15, -0.1) is 0 Å². The van der Waals surface area contributed by atoms with E-state index in [0.29, 0.717) is 11.1 Å². The number of carbonyl (C=O) groups excluding carboxylic acids is 3. The lowest BCUT2D eigenvalue weighted by Crippen LogP contribution is -2.48. The number of hydrogen-bond donors (Lipinski definition) is 0. The van der Waals surface area contributed by atoms with Crippen LogP contribution in [0.1, 0.15) is 44.7 Å². The second kappa shape index (κ2) is 8.02. The molecule has 1 aliphatic carbocycles. The summed E-state index contributed by atoms with van der Waals surface area (Å²) in [4.78, 5) is 44.3. The highest BCUT2D eigenvalue weighted by Crippen LogP contribution is 2.60. The smallest absolute Gasteiger partial charge is 0.329 e. The molecule has 0 radical (unpaired) electrons. The Morgan fingerprint density at radius 1 is 0.943 bits per heavy atom. The second-order valence-electron chi connectivity index (χ2n) is 9.07. The molecule has 6 heteroatoms. The van der Waals surface area contributed by atoms with Gasteiger partial charge in [-0.05, 0) is 36.2 Å². The van der Waals surface area contributed by atoms with E-state index in [0.717, 1.165) is 21.3 Å². The van der Waals surface area contributed by atoms with Crippen molar-refractivity contribution in [1.29, 1.82) is 0 Å². The van der Waals surface area contributed by atoms with Crippen molar-refractivity contribution >= 4 is 45.2 Å². The van der Waals surface area contributed by atoms with Crippen LogP contribution in [0, 0.1) is 5.41 Å². The highest BCUT2D eigenvalue weighted by atomic mass is 79.9. The molecule has 0 saturated carbocycles. The summed E-state index contributed by atoms with van der Waals surface area (Å²) in [6.07, 6.45) is 3.86. The van der Waals surface area contributed by atoms with Crippen LogP contribution >= 0.6 is 15.9 Å². The monoisotopic (exact) mass is 527 g/mol. The predicted octanol–water partition coefficient (Wildman–Crippen LogP) is 5.45. The highest BCUT2D eigenvalue weighted by molar-refractivity contribution is 9.10. The molecule has 0 bridgehead atoms. The van der Waals surface area contributed by atoms with Crippen LogP contribution in [0.25, 0.3) is 6.08 Å². The molecule has 3 atom stereocenters. The van der Waals surface area contributed by atoms with Gasteiger partial charge in [0.1, 0.15) is 11.5 Å². The normalized spacial score (nSPS) is 23.3. The number of fused-ring (bicyclic) bond motifs is 5. The molecular weight excluding hydrogens is 506 g/mol. The first-order chi connectivity index (χ1) is 17.0. The first-order valence-electron chi connectivity index (χ1n) is 11.7. The van der Waals surface area contributed by atoms with Crippen molar-refractivity contribution in [1.82, 2.24) is 0 Å². The van der Waals surface area contributed by atoms with Crippen LogP contribution in [0.15, 0.2) is 83.3 Å². The molecule has 0 amide bonds. The zero-order valence-electron chi connectivity index (χ0n) is 19.0. The molecule has 5 nitrogen and oxygen atoms in total. The van der Waals surface area contributed by atoms with Gasteiger partial charge in [0, 0.05) is 27.2 Å². The van der Waals surface area contributed by atoms with E-state index < -0.39 is 29.4 Å². The average molecular weight is 528 g/mol. The van der Waals surface area contributed by atoms with Crippen LogP contribution in [0.4, 0.5) is 5.69 Å². The zero-order valence-corrected chi connectivity index (χ0v) is 20.6. The van der Waals surface area contributed by atoms with E-state index in [1.165, 1.54) is 0 Å². The number of benzene rings is 3. The average Bonchev–Trinajstić information content (AvgIpc) is 3.31. The Labute approximate surface area is 211 Å². The molecule has 174 valence electrons. The van der Waals surface area contributed by atoms with E-state index in [4.69, 9.17) is 4.74 Å². The number of esters is 1. The Morgan fingerprint density at radius 3 is 2.23 bits per heavy atom. The van der Waals surface area contributed by atoms with Crippen molar-refractivity contribution in [2.45, 2.75) is 24.9 Å². The third-order valence-corrected chi connectivity index (χ3v) is 8.00. The molecule has 2 aliphatic heterocycles. The van der Waals surface area contributed by atoms with Gasteiger partial charge in [-0.3, -0.25) is 9.59 Å². The number of carbonyl (C=O) groups is 3. The quantitative estimate of drug-likeness (QED) is 0.335. The first kappa shape index (κ1) is 22.0. The van der Waals surface area contributed by atoms with Crippen molar-refractivity contribution in [2.24, 2.45) is 5.41 Å². The molecule has 0 N–H and O–H groups in total. The van der Waals surface area contributed by atoms with E-state index in [9.17, 15) is 14.4 Å². The van der Waals surface area contributed by atoms with Crippen molar-refractivity contribution in [3.63, 3.8) is 0 Å². The van der Waals surface area contributed by atoms with Crippen LogP contribution in [0.3, 0.4) is 0 Å². The maximum absolute atomic E-state index is 14.3. The van der Waals surface area contributed by atoms with Crippen LogP contribution in [0.5, 0.6) is 0 Å². The van der Waals surface area contributed by atoms with Crippen LogP contribution in [0.2, 0.25) is 0 Å². The lowest BCUT2D eigenvalue weighted by Gasteiger charge is -2.36. The number of ketones is 2. The van der Waals surface area contributed by atoms with E-state index in [-0.39, 0.29) is 18.2 Å². The summed E-state index contributed by atoms with van der Waals surface area (Å²) in [5.41, 5.74) is 1.83. The summed E-state index contributed by atoms with van der Waals surface area (Å²) in [6.45, 7) is 1.97. The van der Waals surface area contributed by atoms with Gasteiger partial charge in [-0.2, -0.15) is 0 Å². The fraction of sp³-hybridized carbons (Fsp3) is 0.207. The number of halogens is 1. The molecule has 6 rings (SSSR count). The Balaban J connectivity index is 1.67. The molecule has 3 aromatic carbocycles. The van der Waals surface area contributed by atoms with Crippen molar-refractivity contribution in [3.8, 4) is 0 Å². The summed E-state index contributed by atoms with van der Waals surface area (Å²) >= 11 is 3.48. The number of rotatable bonds is 3. The zero-order chi connectivity index (χ0) is 24.3. The van der Waals surface area contributed by atoms with Crippen molar-refractivity contribution < 1.29 is 19.1 Å². The number of nitrogens with zero attached hydrogens (tertiary/aromatic N) is 1. The van der Waals surface area contributed by atoms with Gasteiger partial charge >= 0.3 is 5.97 Å². The van der Waals surface area contributed by atoms with Gasteiger partial charge in [-0.1, -0.05) is 82.7 Å². The van der Waals surface area contributed by atoms with Crippen molar-refractivity contribution in [3.05, 3.63) is 106 Å². The molecule has 0 aromatic heterocycles. The summed E-state index contributed by atoms with van der Waals surface area (Å²) in [7, 11) is 0. The first-order valence-corrected chi connectivity index (χ1v) is 12.5. The minimum Gasteiger partial charge on any atom is -0.464 e. The highest BCUT2D eigenvalue weighted by Gasteiger charge is 2.71. The maximum Gasteiger partial charge on any atom is 0.329 e. The number of hydrogen-bond acceptors (Lipinski definition) is 5. The minimum absolute atomic E-state index is 0.202. The number of anilines is 1. The molecule has 2 heterocycles. The van der Waals surface area contributed by atoms with E-state index in [1.54, 1.807) is 31.2 Å². The topological polar surface area (TPSA) is 63.7 Å². The summed E-state index contributed by atoms with van der Waals surface area (Å²) in [6, 6.07) is 20.8. The Kier molecular flexibility index (Phi) is 5.04. The second-order valence-corrected chi connectivity index (χ2v) is 9.98. The summed E-state index contributed by atoms with van der Waals surface area (Å²) in [5.74, 6) is -1.65. The number of ether oxygens (including phenoxy) is 1. The molecule has 1 spiro atoms. The van der Waals surface area contributed by atoms with Gasteiger partial charge in [0.25, 0.3) is 0 Å². The van der Waals surface area contributed by atoms with Crippen LogP contribution in [-0.4, -0.2) is 36.2 Å². The SMILES string of the molecule is CCOC(=O)[C@@H]1[C@@H](c2ccc(Br)cc2)C2(C(=O)c3ccccc3C2=O)C2C=Cc3ccccc3N21. The predicted molar refractivity (Wildman–Crippen MR) is 137 cm³/mol. The lowest BCUT2D eigenvalue weighted by molar-refractivity contribution is -0.145. The Morgan fingerprint density at radius 2 is 1.57 bits per heavy atom.